The molecule has 4 aromatic carbocycles. The number of phenolic OH excluding ortho intramolecular Hbond substituents is 1. The molecule has 1 fully saturated rings. The maximum Gasteiger partial charge on any atom is 0.335 e. The van der Waals surface area contributed by atoms with Gasteiger partial charge in [-0.05, 0) is 59.3 Å². The molecule has 0 bridgehead atoms. The standard InChI is InChI=1S/C28H18Cl2N2O5/c29-18-7-5-17(24(30)13-18)15-37-25-12-6-16-3-1-2-4-21(16)22(25)14-23-26(34)31-28(36)32(27(23)35)19-8-10-20(33)11-9-19/h1-14,33H,15H2,(H,31,34,36)/b23-14+. The molecule has 7 nitrogen and oxygen atoms in total. The maximum absolute atomic E-state index is 13.4. The van der Waals surface area contributed by atoms with Crippen LogP contribution >= 0.6 is 23.2 Å². The number of hydrogen-bond donors (Lipinski definition) is 2. The van der Waals surface area contributed by atoms with E-state index in [0.29, 0.717) is 26.9 Å². The van der Waals surface area contributed by atoms with Crippen LogP contribution in [0, 0.1) is 0 Å². The minimum Gasteiger partial charge on any atom is -0.508 e. The number of nitrogens with one attached hydrogen (secondary N) is 1. The number of hydrogen-bond acceptors (Lipinski definition) is 5. The molecule has 5 rings (SSSR count). The minimum atomic E-state index is -0.885. The van der Waals surface area contributed by atoms with Gasteiger partial charge in [-0.1, -0.05) is 59.6 Å². The molecule has 1 heterocycles. The Morgan fingerprint density at radius 1 is 0.919 bits per heavy atom. The lowest BCUT2D eigenvalue weighted by Crippen LogP contribution is -2.54. The van der Waals surface area contributed by atoms with E-state index < -0.39 is 17.8 Å². The zero-order chi connectivity index (χ0) is 26.1. The van der Waals surface area contributed by atoms with Gasteiger partial charge in [0.2, 0.25) is 0 Å². The number of carbonyl (C=O) groups is 3. The largest absolute Gasteiger partial charge is 0.508 e. The van der Waals surface area contributed by atoms with Gasteiger partial charge in [0, 0.05) is 21.2 Å². The number of aromatic hydroxyl groups is 1. The summed E-state index contributed by atoms with van der Waals surface area (Å²) in [4.78, 5) is 39.5. The molecular formula is C28H18Cl2N2O5. The number of barbiturate groups is 1. The highest BCUT2D eigenvalue weighted by Crippen LogP contribution is 2.33. The first kappa shape index (κ1) is 24.4. The summed E-state index contributed by atoms with van der Waals surface area (Å²) < 4.78 is 6.09. The zero-order valence-corrected chi connectivity index (χ0v) is 20.6. The Labute approximate surface area is 221 Å². The van der Waals surface area contributed by atoms with Crippen molar-refractivity contribution in [1.82, 2.24) is 5.32 Å². The van der Waals surface area contributed by atoms with Crippen molar-refractivity contribution < 1.29 is 24.2 Å². The Bertz CT molecular complexity index is 1600. The summed E-state index contributed by atoms with van der Waals surface area (Å²) in [6.45, 7) is 0.114. The van der Waals surface area contributed by atoms with Crippen molar-refractivity contribution in [3.05, 3.63) is 106 Å². The molecule has 0 unspecified atom stereocenters. The number of rotatable bonds is 5. The third-order valence-corrected chi connectivity index (χ3v) is 6.41. The first-order valence-corrected chi connectivity index (χ1v) is 11.9. The fraction of sp³-hybridized carbons (Fsp3) is 0.0357. The third kappa shape index (κ3) is 4.87. The Kier molecular flexibility index (Phi) is 6.56. The van der Waals surface area contributed by atoms with Gasteiger partial charge in [-0.3, -0.25) is 14.9 Å². The number of halogens is 2. The van der Waals surface area contributed by atoms with E-state index >= 15 is 0 Å². The smallest absolute Gasteiger partial charge is 0.335 e. The number of amides is 4. The third-order valence-electron chi connectivity index (χ3n) is 5.83. The lowest BCUT2D eigenvalue weighted by atomic mass is 9.99. The number of imide groups is 2. The molecular weight excluding hydrogens is 515 g/mol. The second-order valence-corrected chi connectivity index (χ2v) is 9.04. The molecule has 4 aromatic rings. The Hall–Kier alpha value is -4.33. The normalized spacial score (nSPS) is 14.8. The van der Waals surface area contributed by atoms with Crippen LogP contribution in [0.4, 0.5) is 10.5 Å². The number of carbonyl (C=O) groups excluding carboxylic acids is 3. The summed E-state index contributed by atoms with van der Waals surface area (Å²) in [5.74, 6) is -1.26. The highest BCUT2D eigenvalue weighted by molar-refractivity contribution is 6.39. The molecule has 37 heavy (non-hydrogen) atoms. The summed E-state index contributed by atoms with van der Waals surface area (Å²) >= 11 is 12.3. The topological polar surface area (TPSA) is 95.9 Å². The van der Waals surface area contributed by atoms with Gasteiger partial charge in [-0.25, -0.2) is 9.69 Å². The van der Waals surface area contributed by atoms with Crippen LogP contribution in [0.1, 0.15) is 11.1 Å². The maximum atomic E-state index is 13.4. The second-order valence-electron chi connectivity index (χ2n) is 8.20. The van der Waals surface area contributed by atoms with Crippen molar-refractivity contribution in [2.24, 2.45) is 0 Å². The van der Waals surface area contributed by atoms with Crippen molar-refractivity contribution in [3.63, 3.8) is 0 Å². The van der Waals surface area contributed by atoms with Crippen LogP contribution < -0.4 is 15.0 Å². The lowest BCUT2D eigenvalue weighted by Gasteiger charge is -2.26. The molecule has 0 radical (unpaired) electrons. The fourth-order valence-corrected chi connectivity index (χ4v) is 4.45. The monoisotopic (exact) mass is 532 g/mol. The van der Waals surface area contributed by atoms with Crippen molar-refractivity contribution in [2.45, 2.75) is 6.61 Å². The summed E-state index contributed by atoms with van der Waals surface area (Å²) in [7, 11) is 0. The van der Waals surface area contributed by atoms with E-state index in [4.69, 9.17) is 27.9 Å². The first-order chi connectivity index (χ1) is 17.8. The van der Waals surface area contributed by atoms with Gasteiger partial charge in [0.15, 0.2) is 0 Å². The van der Waals surface area contributed by atoms with E-state index in [9.17, 15) is 19.5 Å². The number of phenols is 1. The molecule has 0 spiro atoms. The molecule has 0 aromatic heterocycles. The highest BCUT2D eigenvalue weighted by atomic mass is 35.5. The van der Waals surface area contributed by atoms with E-state index in [1.165, 1.54) is 30.3 Å². The van der Waals surface area contributed by atoms with Gasteiger partial charge in [0.1, 0.15) is 23.7 Å². The number of fused-ring (bicyclic) bond motifs is 1. The van der Waals surface area contributed by atoms with Gasteiger partial charge in [-0.15, -0.1) is 0 Å². The average Bonchev–Trinajstić information content (AvgIpc) is 2.87. The molecule has 1 aliphatic heterocycles. The Morgan fingerprint density at radius 2 is 1.68 bits per heavy atom. The van der Waals surface area contributed by atoms with Gasteiger partial charge in [0.05, 0.1) is 5.69 Å². The van der Waals surface area contributed by atoms with Crippen LogP contribution in [-0.2, 0) is 16.2 Å². The molecule has 1 saturated heterocycles. The van der Waals surface area contributed by atoms with Gasteiger partial charge in [-0.2, -0.15) is 0 Å². The van der Waals surface area contributed by atoms with Crippen molar-refractivity contribution in [1.29, 1.82) is 0 Å². The molecule has 2 N–H and O–H groups in total. The minimum absolute atomic E-state index is 0.0289. The van der Waals surface area contributed by atoms with E-state index in [0.717, 1.165) is 15.7 Å². The first-order valence-electron chi connectivity index (χ1n) is 11.1. The van der Waals surface area contributed by atoms with Crippen LogP contribution in [0.15, 0.2) is 84.4 Å². The summed E-state index contributed by atoms with van der Waals surface area (Å²) in [6, 6.07) is 20.7. The van der Waals surface area contributed by atoms with Crippen molar-refractivity contribution in [2.75, 3.05) is 4.90 Å². The van der Waals surface area contributed by atoms with Crippen molar-refractivity contribution in [3.8, 4) is 11.5 Å². The fourth-order valence-electron chi connectivity index (χ4n) is 3.98. The van der Waals surface area contributed by atoms with Crippen LogP contribution in [-0.4, -0.2) is 23.0 Å². The van der Waals surface area contributed by atoms with E-state index in [-0.39, 0.29) is 23.6 Å². The summed E-state index contributed by atoms with van der Waals surface area (Å²) in [5, 5.41) is 14.3. The number of urea groups is 1. The quantitative estimate of drug-likeness (QED) is 0.239. The number of nitrogens with zero attached hydrogens (tertiary/aromatic N) is 1. The molecule has 0 saturated carbocycles. The molecule has 1 aliphatic rings. The number of ether oxygens (including phenoxy) is 1. The predicted molar refractivity (Wildman–Crippen MR) is 142 cm³/mol. The van der Waals surface area contributed by atoms with E-state index in [1.807, 2.05) is 30.3 Å². The van der Waals surface area contributed by atoms with Crippen LogP contribution in [0.3, 0.4) is 0 Å². The second kappa shape index (κ2) is 9.97. The molecule has 0 atom stereocenters. The Morgan fingerprint density at radius 3 is 2.43 bits per heavy atom. The average molecular weight is 533 g/mol. The molecule has 9 heteroatoms. The lowest BCUT2D eigenvalue weighted by molar-refractivity contribution is -0.122. The molecule has 184 valence electrons. The molecule has 4 amide bonds. The zero-order valence-electron chi connectivity index (χ0n) is 19.1. The van der Waals surface area contributed by atoms with E-state index in [1.54, 1.807) is 24.3 Å². The summed E-state index contributed by atoms with van der Waals surface area (Å²) in [6.07, 6.45) is 1.42. The summed E-state index contributed by atoms with van der Waals surface area (Å²) in [5.41, 5.74) is 1.14. The Balaban J connectivity index is 1.58. The van der Waals surface area contributed by atoms with Gasteiger partial charge < -0.3 is 9.84 Å². The van der Waals surface area contributed by atoms with Crippen LogP contribution in [0.5, 0.6) is 11.5 Å². The van der Waals surface area contributed by atoms with Crippen LogP contribution in [0.25, 0.3) is 16.8 Å². The van der Waals surface area contributed by atoms with Crippen LogP contribution in [0.2, 0.25) is 10.0 Å². The van der Waals surface area contributed by atoms with Gasteiger partial charge >= 0.3 is 6.03 Å². The van der Waals surface area contributed by atoms with Gasteiger partial charge in [0.25, 0.3) is 11.8 Å². The number of benzene rings is 4. The predicted octanol–water partition coefficient (Wildman–Crippen LogP) is 6.10. The SMILES string of the molecule is O=C1NC(=O)N(c2ccc(O)cc2)C(=O)/C1=C/c1c(OCc2ccc(Cl)cc2Cl)ccc2ccccc12. The number of anilines is 1. The van der Waals surface area contributed by atoms with Crippen molar-refractivity contribution >= 4 is 63.6 Å². The van der Waals surface area contributed by atoms with E-state index in [2.05, 4.69) is 5.32 Å². The molecule has 0 aliphatic carbocycles. The highest BCUT2D eigenvalue weighted by Gasteiger charge is 2.37.